The molecule has 0 N–H and O–H groups in total. The lowest BCUT2D eigenvalue weighted by molar-refractivity contribution is -0.139. The van der Waals surface area contributed by atoms with E-state index in [1.54, 1.807) is 47.6 Å². The lowest BCUT2D eigenvalue weighted by atomic mass is 10.2. The van der Waals surface area contributed by atoms with E-state index in [4.69, 9.17) is 14.2 Å². The van der Waals surface area contributed by atoms with Gasteiger partial charge in [-0.15, -0.1) is 0 Å². The number of carbonyl (C=O) groups excluding carboxylic acids is 3. The van der Waals surface area contributed by atoms with E-state index in [-0.39, 0.29) is 6.61 Å². The normalized spacial score (nSPS) is 11.9. The van der Waals surface area contributed by atoms with Crippen molar-refractivity contribution in [1.82, 2.24) is 4.90 Å². The van der Waals surface area contributed by atoms with Crippen LogP contribution in [0.3, 0.4) is 0 Å². The smallest absolute Gasteiger partial charge is 0.424 e. The van der Waals surface area contributed by atoms with E-state index in [0.29, 0.717) is 10.5 Å². The highest BCUT2D eigenvalue weighted by molar-refractivity contribution is 6.00. The zero-order chi connectivity index (χ0) is 21.4. The molecule has 0 aromatic rings. The van der Waals surface area contributed by atoms with Gasteiger partial charge in [-0.2, -0.15) is 4.90 Å². The van der Waals surface area contributed by atoms with Crippen LogP contribution in [-0.2, 0) is 19.0 Å². The van der Waals surface area contributed by atoms with E-state index in [9.17, 15) is 14.4 Å². The first-order valence-electron chi connectivity index (χ1n) is 8.28. The quantitative estimate of drug-likeness (QED) is 0.292. The van der Waals surface area contributed by atoms with Gasteiger partial charge in [0, 0.05) is 0 Å². The molecule has 0 saturated carbocycles. The first-order chi connectivity index (χ1) is 12.2. The topological polar surface area (TPSA) is 82.1 Å². The summed E-state index contributed by atoms with van der Waals surface area (Å²) in [5.74, 6) is -0.983. The highest BCUT2D eigenvalue weighted by atomic mass is 16.6. The molecule has 0 bridgehead atoms. The van der Waals surface area contributed by atoms with Crippen molar-refractivity contribution in [1.29, 1.82) is 0 Å². The van der Waals surface area contributed by atoms with Crippen molar-refractivity contribution >= 4 is 18.2 Å². The van der Waals surface area contributed by atoms with E-state index in [0.717, 1.165) is 0 Å². The summed E-state index contributed by atoms with van der Waals surface area (Å²) in [7, 11) is 0. The Hall–Kier alpha value is -2.83. The molecule has 0 spiro atoms. The Morgan fingerprint density at radius 2 is 1.37 bits per heavy atom. The number of ether oxygens (including phenoxy) is 3. The van der Waals surface area contributed by atoms with Crippen molar-refractivity contribution in [3.05, 3.63) is 49.2 Å². The van der Waals surface area contributed by atoms with Crippen LogP contribution >= 0.6 is 0 Å². The van der Waals surface area contributed by atoms with E-state index < -0.39 is 35.1 Å². The SMILES string of the molecule is C=C/C=C(\C=C)COC(=O)C(=C)N(C(=O)OC(C)(C)C)C(=O)OC(C)(C)C. The van der Waals surface area contributed by atoms with Crippen LogP contribution in [-0.4, -0.2) is 40.9 Å². The summed E-state index contributed by atoms with van der Waals surface area (Å²) >= 11 is 0. The lowest BCUT2D eigenvalue weighted by Gasteiger charge is -2.28. The highest BCUT2D eigenvalue weighted by Crippen LogP contribution is 2.18. The number of hydrogen-bond acceptors (Lipinski definition) is 6. The molecule has 0 saturated heterocycles. The van der Waals surface area contributed by atoms with Crippen molar-refractivity contribution in [2.24, 2.45) is 0 Å². The summed E-state index contributed by atoms with van der Waals surface area (Å²) in [6, 6.07) is 0. The van der Waals surface area contributed by atoms with Crippen LogP contribution in [0.15, 0.2) is 49.2 Å². The number of rotatable bonds is 6. The summed E-state index contributed by atoms with van der Waals surface area (Å²) in [4.78, 5) is 37.5. The van der Waals surface area contributed by atoms with Gasteiger partial charge in [0.15, 0.2) is 0 Å². The Balaban J connectivity index is 5.49. The van der Waals surface area contributed by atoms with E-state index in [1.165, 1.54) is 12.2 Å². The average molecular weight is 379 g/mol. The molecule has 27 heavy (non-hydrogen) atoms. The van der Waals surface area contributed by atoms with Crippen LogP contribution < -0.4 is 0 Å². The largest absolute Gasteiger partial charge is 0.456 e. The third-order valence-electron chi connectivity index (χ3n) is 2.62. The minimum atomic E-state index is -1.09. The number of amides is 2. The number of nitrogens with zero attached hydrogens (tertiary/aromatic N) is 1. The molecule has 0 rings (SSSR count). The van der Waals surface area contributed by atoms with Crippen molar-refractivity contribution in [2.45, 2.75) is 52.7 Å². The first kappa shape index (κ1) is 24.2. The van der Waals surface area contributed by atoms with Gasteiger partial charge in [0.2, 0.25) is 0 Å². The maximum Gasteiger partial charge on any atom is 0.424 e. The highest BCUT2D eigenvalue weighted by Gasteiger charge is 2.36. The number of allylic oxidation sites excluding steroid dienone is 2. The third kappa shape index (κ3) is 9.44. The van der Waals surface area contributed by atoms with Crippen LogP contribution in [0.25, 0.3) is 0 Å². The fourth-order valence-electron chi connectivity index (χ4n) is 1.56. The molecule has 2 amide bonds. The van der Waals surface area contributed by atoms with Gasteiger partial charge in [-0.1, -0.05) is 38.0 Å². The molecule has 0 aliphatic heterocycles. The van der Waals surface area contributed by atoms with Gasteiger partial charge in [-0.3, -0.25) is 0 Å². The van der Waals surface area contributed by atoms with Gasteiger partial charge >= 0.3 is 18.2 Å². The molecule has 7 heteroatoms. The Bertz CT molecular complexity index is 618. The molecule has 0 atom stereocenters. The molecular weight excluding hydrogens is 350 g/mol. The second-order valence-corrected chi connectivity index (χ2v) is 7.50. The van der Waals surface area contributed by atoms with Crippen molar-refractivity contribution < 1.29 is 28.6 Å². The predicted octanol–water partition coefficient (Wildman–Crippen LogP) is 4.51. The maximum atomic E-state index is 12.4. The monoisotopic (exact) mass is 379 g/mol. The number of carbonyl (C=O) groups is 3. The standard InChI is InChI=1S/C20H29NO6/c1-10-12-15(11-2)13-25-16(22)14(3)21(17(23)26-19(4,5)6)18(24)27-20(7,8)9/h10-12H,1-3,13H2,4-9H3/b15-12+. The summed E-state index contributed by atoms with van der Waals surface area (Å²) in [6.45, 7) is 20.2. The van der Waals surface area contributed by atoms with Crippen molar-refractivity contribution in [3.8, 4) is 0 Å². The molecule has 0 aromatic carbocycles. The van der Waals surface area contributed by atoms with Crippen LogP contribution in [0.2, 0.25) is 0 Å². The lowest BCUT2D eigenvalue weighted by Crippen LogP contribution is -2.44. The molecule has 0 fully saturated rings. The molecule has 0 unspecified atom stereocenters. The Labute approximate surface area is 160 Å². The molecule has 7 nitrogen and oxygen atoms in total. The van der Waals surface area contributed by atoms with Crippen LogP contribution in [0, 0.1) is 0 Å². The molecule has 150 valence electrons. The summed E-state index contributed by atoms with van der Waals surface area (Å²) in [6.07, 6.45) is 2.40. The van der Waals surface area contributed by atoms with Crippen molar-refractivity contribution in [3.63, 3.8) is 0 Å². The van der Waals surface area contributed by atoms with Gasteiger partial charge in [0.1, 0.15) is 23.5 Å². The fraction of sp³-hybridized carbons (Fsp3) is 0.450. The van der Waals surface area contributed by atoms with Gasteiger partial charge in [0.25, 0.3) is 0 Å². The number of hydrogen-bond donors (Lipinski definition) is 0. The van der Waals surface area contributed by atoms with Crippen molar-refractivity contribution in [2.75, 3.05) is 6.61 Å². The van der Waals surface area contributed by atoms with Gasteiger partial charge in [-0.25, -0.2) is 14.4 Å². The van der Waals surface area contributed by atoms with Crippen LogP contribution in [0.4, 0.5) is 9.59 Å². The van der Waals surface area contributed by atoms with Gasteiger partial charge in [0.05, 0.1) is 0 Å². The average Bonchev–Trinajstić information content (AvgIpc) is 2.47. The zero-order valence-electron chi connectivity index (χ0n) is 17.0. The Morgan fingerprint density at radius 1 is 0.926 bits per heavy atom. The first-order valence-corrected chi connectivity index (χ1v) is 8.28. The third-order valence-corrected chi connectivity index (χ3v) is 2.62. The Kier molecular flexibility index (Phi) is 8.73. The van der Waals surface area contributed by atoms with Crippen LogP contribution in [0.1, 0.15) is 41.5 Å². The molecule has 0 heterocycles. The molecule has 0 aromatic heterocycles. The zero-order valence-corrected chi connectivity index (χ0v) is 17.0. The maximum absolute atomic E-state index is 12.4. The predicted molar refractivity (Wildman–Crippen MR) is 103 cm³/mol. The number of imide groups is 1. The van der Waals surface area contributed by atoms with Crippen LogP contribution in [0.5, 0.6) is 0 Å². The second-order valence-electron chi connectivity index (χ2n) is 7.50. The Morgan fingerprint density at radius 3 is 1.70 bits per heavy atom. The van der Waals surface area contributed by atoms with Gasteiger partial charge in [-0.05, 0) is 47.1 Å². The molecular formula is C20H29NO6. The summed E-state index contributed by atoms with van der Waals surface area (Å²) < 4.78 is 15.4. The summed E-state index contributed by atoms with van der Waals surface area (Å²) in [5.41, 5.74) is -1.75. The number of esters is 1. The van der Waals surface area contributed by atoms with E-state index >= 15 is 0 Å². The summed E-state index contributed by atoms with van der Waals surface area (Å²) in [5, 5.41) is 0. The second kappa shape index (κ2) is 9.75. The van der Waals surface area contributed by atoms with E-state index in [1.807, 2.05) is 0 Å². The van der Waals surface area contributed by atoms with Gasteiger partial charge < -0.3 is 14.2 Å². The molecule has 0 aliphatic rings. The fourth-order valence-corrected chi connectivity index (χ4v) is 1.56. The molecule has 0 aliphatic carbocycles. The molecule has 0 radical (unpaired) electrons. The minimum Gasteiger partial charge on any atom is -0.456 e. The van der Waals surface area contributed by atoms with E-state index in [2.05, 4.69) is 19.7 Å². The minimum absolute atomic E-state index is 0.135.